The molecule has 0 bridgehead atoms. The van der Waals surface area contributed by atoms with E-state index in [1.807, 2.05) is 42.5 Å². The summed E-state index contributed by atoms with van der Waals surface area (Å²) in [6.45, 7) is 7.32. The monoisotopic (exact) mass is 385 g/mol. The molecule has 0 aliphatic rings. The molecule has 0 aliphatic heterocycles. The average molecular weight is 386 g/mol. The third kappa shape index (κ3) is 5.50. The number of nitrogens with one attached hydrogen (secondary N) is 1. The molecule has 2 aromatic rings. The number of nitrogens with zero attached hydrogens (tertiary/aromatic N) is 2. The molecule has 0 atom stereocenters. The molecule has 0 aromatic heterocycles. The Morgan fingerprint density at radius 2 is 1.67 bits per heavy atom. The van der Waals surface area contributed by atoms with Crippen molar-refractivity contribution < 1.29 is 9.59 Å². The number of hydrogen-bond donors (Lipinski definition) is 1. The molecule has 5 nitrogen and oxygen atoms in total. The van der Waals surface area contributed by atoms with E-state index < -0.39 is 0 Å². The predicted octanol–water partition coefficient (Wildman–Crippen LogP) is 4.95. The highest BCUT2D eigenvalue weighted by Gasteiger charge is 2.14. The summed E-state index contributed by atoms with van der Waals surface area (Å²) in [4.78, 5) is 29.1. The van der Waals surface area contributed by atoms with Gasteiger partial charge < -0.3 is 15.1 Å². The van der Waals surface area contributed by atoms with Crippen molar-refractivity contribution in [2.45, 2.75) is 31.7 Å². The maximum absolute atomic E-state index is 12.6. The van der Waals surface area contributed by atoms with Gasteiger partial charge in [-0.15, -0.1) is 0 Å². The molecule has 0 saturated heterocycles. The van der Waals surface area contributed by atoms with Crippen LogP contribution in [0.25, 0.3) is 0 Å². The van der Waals surface area contributed by atoms with E-state index in [0.29, 0.717) is 17.3 Å². The number of anilines is 2. The van der Waals surface area contributed by atoms with Gasteiger partial charge in [-0.3, -0.25) is 9.59 Å². The van der Waals surface area contributed by atoms with Crippen LogP contribution in [0.15, 0.2) is 53.4 Å². The fourth-order valence-electron chi connectivity index (χ4n) is 2.69. The molecule has 0 aliphatic carbocycles. The van der Waals surface area contributed by atoms with Gasteiger partial charge in [-0.25, -0.2) is 0 Å². The average Bonchev–Trinajstić information content (AvgIpc) is 2.64. The molecule has 6 heteroatoms. The lowest BCUT2D eigenvalue weighted by Gasteiger charge is -2.27. The van der Waals surface area contributed by atoms with Gasteiger partial charge in [-0.05, 0) is 68.9 Å². The van der Waals surface area contributed by atoms with Crippen LogP contribution in [0.1, 0.15) is 31.1 Å². The van der Waals surface area contributed by atoms with Crippen molar-refractivity contribution in [1.82, 2.24) is 4.90 Å². The second-order valence-electron chi connectivity index (χ2n) is 6.64. The smallest absolute Gasteiger partial charge is 0.286 e. The van der Waals surface area contributed by atoms with Gasteiger partial charge in [0.15, 0.2) is 0 Å². The number of benzene rings is 2. The molecule has 0 heterocycles. The van der Waals surface area contributed by atoms with Crippen molar-refractivity contribution in [3.8, 4) is 0 Å². The van der Waals surface area contributed by atoms with Crippen LogP contribution in [0.5, 0.6) is 0 Å². The fraction of sp³-hybridized carbons (Fsp3) is 0.333. The van der Waals surface area contributed by atoms with Crippen LogP contribution in [0.4, 0.5) is 16.2 Å². The van der Waals surface area contributed by atoms with Gasteiger partial charge in [-0.2, -0.15) is 0 Å². The maximum Gasteiger partial charge on any atom is 0.286 e. The zero-order valence-corrected chi connectivity index (χ0v) is 17.3. The van der Waals surface area contributed by atoms with Crippen LogP contribution in [0.3, 0.4) is 0 Å². The van der Waals surface area contributed by atoms with Crippen LogP contribution in [0.2, 0.25) is 0 Å². The van der Waals surface area contributed by atoms with Gasteiger partial charge in [0.05, 0.1) is 5.69 Å². The van der Waals surface area contributed by atoms with E-state index in [-0.39, 0.29) is 11.1 Å². The molecule has 0 fully saturated rings. The number of amides is 2. The van der Waals surface area contributed by atoms with E-state index in [2.05, 4.69) is 31.0 Å². The normalized spacial score (nSPS) is 10.6. The minimum Gasteiger partial charge on any atom is -0.369 e. The first-order valence-corrected chi connectivity index (χ1v) is 9.81. The van der Waals surface area contributed by atoms with Gasteiger partial charge in [-0.1, -0.05) is 12.1 Å². The fourth-order valence-corrected chi connectivity index (χ4v) is 3.44. The third-order valence-electron chi connectivity index (χ3n) is 4.12. The quantitative estimate of drug-likeness (QED) is 0.715. The summed E-state index contributed by atoms with van der Waals surface area (Å²) in [6.07, 6.45) is 0. The van der Waals surface area contributed by atoms with Crippen molar-refractivity contribution in [2.75, 3.05) is 30.9 Å². The van der Waals surface area contributed by atoms with E-state index in [9.17, 15) is 9.59 Å². The van der Waals surface area contributed by atoms with Crippen molar-refractivity contribution in [3.05, 3.63) is 54.1 Å². The van der Waals surface area contributed by atoms with Crippen LogP contribution < -0.4 is 10.2 Å². The Morgan fingerprint density at radius 3 is 2.22 bits per heavy atom. The second-order valence-corrected chi connectivity index (χ2v) is 7.63. The lowest BCUT2D eigenvalue weighted by molar-refractivity contribution is 0.102. The number of thioether (sulfide) groups is 1. The number of para-hydroxylation sites is 1. The van der Waals surface area contributed by atoms with Crippen molar-refractivity contribution in [1.29, 1.82) is 0 Å². The molecular weight excluding hydrogens is 358 g/mol. The molecule has 2 amide bonds. The molecular formula is C21H27N3O2S. The Hall–Kier alpha value is -2.47. The van der Waals surface area contributed by atoms with Gasteiger partial charge in [0.2, 0.25) is 0 Å². The van der Waals surface area contributed by atoms with Crippen molar-refractivity contribution in [3.63, 3.8) is 0 Å². The molecule has 1 N–H and O–H groups in total. The summed E-state index contributed by atoms with van der Waals surface area (Å²) in [6, 6.07) is 15.3. The first kappa shape index (κ1) is 20.8. The standard InChI is InChI=1S/C21H27N3O2S/c1-6-24(15(2)3)17-13-11-16(12-14-17)20(25)22-18-9-7-8-10-19(18)27-21(26)23(4)5/h7-15H,6H2,1-5H3,(H,22,25). The van der Waals surface area contributed by atoms with Crippen LogP contribution in [0, 0.1) is 0 Å². The molecule has 2 rings (SSSR count). The molecule has 144 valence electrons. The Balaban J connectivity index is 2.15. The predicted molar refractivity (Wildman–Crippen MR) is 114 cm³/mol. The second kappa shape index (κ2) is 9.46. The Morgan fingerprint density at radius 1 is 1.04 bits per heavy atom. The first-order valence-electron chi connectivity index (χ1n) is 8.99. The van der Waals surface area contributed by atoms with E-state index in [0.717, 1.165) is 28.9 Å². The number of carbonyl (C=O) groups excluding carboxylic acids is 2. The SMILES string of the molecule is CCN(c1ccc(C(=O)Nc2ccccc2SC(=O)N(C)C)cc1)C(C)C. The highest BCUT2D eigenvalue weighted by Crippen LogP contribution is 2.29. The maximum atomic E-state index is 12.6. The molecule has 0 spiro atoms. The molecule has 0 saturated carbocycles. The Kier molecular flexibility index (Phi) is 7.30. The lowest BCUT2D eigenvalue weighted by Crippen LogP contribution is -2.30. The van der Waals surface area contributed by atoms with Crippen molar-refractivity contribution in [2.24, 2.45) is 0 Å². The van der Waals surface area contributed by atoms with Crippen LogP contribution in [-0.2, 0) is 0 Å². The Labute approximate surface area is 165 Å². The highest BCUT2D eigenvalue weighted by atomic mass is 32.2. The van der Waals surface area contributed by atoms with E-state index in [4.69, 9.17) is 0 Å². The largest absolute Gasteiger partial charge is 0.369 e. The molecule has 0 radical (unpaired) electrons. The summed E-state index contributed by atoms with van der Waals surface area (Å²) in [5, 5.41) is 2.82. The zero-order chi connectivity index (χ0) is 20.0. The van der Waals surface area contributed by atoms with Crippen molar-refractivity contribution >= 4 is 34.3 Å². The molecule has 2 aromatic carbocycles. The van der Waals surface area contributed by atoms with Crippen LogP contribution in [-0.4, -0.2) is 42.7 Å². The summed E-state index contributed by atoms with van der Waals surface area (Å²) in [5.74, 6) is -0.195. The van der Waals surface area contributed by atoms with E-state index in [1.165, 1.54) is 4.90 Å². The topological polar surface area (TPSA) is 52.7 Å². The minimum absolute atomic E-state index is 0.0885. The number of carbonyl (C=O) groups is 2. The summed E-state index contributed by atoms with van der Waals surface area (Å²) in [7, 11) is 3.41. The lowest BCUT2D eigenvalue weighted by atomic mass is 10.1. The first-order chi connectivity index (χ1) is 12.8. The highest BCUT2D eigenvalue weighted by molar-refractivity contribution is 8.13. The van der Waals surface area contributed by atoms with E-state index >= 15 is 0 Å². The van der Waals surface area contributed by atoms with Gasteiger partial charge in [0.1, 0.15) is 0 Å². The van der Waals surface area contributed by atoms with Crippen LogP contribution >= 0.6 is 11.8 Å². The third-order valence-corrected chi connectivity index (χ3v) is 5.24. The molecule has 0 unspecified atom stereocenters. The van der Waals surface area contributed by atoms with Gasteiger partial charge >= 0.3 is 0 Å². The summed E-state index contributed by atoms with van der Waals surface area (Å²) in [5.41, 5.74) is 2.30. The minimum atomic E-state index is -0.195. The number of hydrogen-bond acceptors (Lipinski definition) is 4. The Bertz CT molecular complexity index is 788. The zero-order valence-electron chi connectivity index (χ0n) is 16.5. The van der Waals surface area contributed by atoms with E-state index in [1.54, 1.807) is 20.2 Å². The molecule has 27 heavy (non-hydrogen) atoms. The van der Waals surface area contributed by atoms with Gasteiger partial charge in [0, 0.05) is 42.8 Å². The summed E-state index contributed by atoms with van der Waals surface area (Å²) >= 11 is 1.09. The summed E-state index contributed by atoms with van der Waals surface area (Å²) < 4.78 is 0. The van der Waals surface area contributed by atoms with Gasteiger partial charge in [0.25, 0.3) is 11.1 Å². The number of rotatable bonds is 6.